The van der Waals surface area contributed by atoms with Gasteiger partial charge in [0.1, 0.15) is 5.75 Å². The van der Waals surface area contributed by atoms with Crippen LogP contribution in [0.4, 0.5) is 13.2 Å². The van der Waals surface area contributed by atoms with E-state index in [1.165, 1.54) is 0 Å². The van der Waals surface area contributed by atoms with Crippen LogP contribution in [-0.4, -0.2) is 8.32 Å². The summed E-state index contributed by atoms with van der Waals surface area (Å²) in [5.74, 6) is 0.311. The van der Waals surface area contributed by atoms with Gasteiger partial charge in [-0.05, 0) is 58.9 Å². The number of rotatable bonds is 2. The van der Waals surface area contributed by atoms with Crippen molar-refractivity contribution in [3.05, 3.63) is 27.3 Å². The van der Waals surface area contributed by atoms with Gasteiger partial charge in [0.2, 0.25) is 8.32 Å². The molecule has 19 heavy (non-hydrogen) atoms. The van der Waals surface area contributed by atoms with Crippen LogP contribution in [0, 0.1) is 3.57 Å². The minimum absolute atomic E-state index is 0.0489. The van der Waals surface area contributed by atoms with Gasteiger partial charge in [0, 0.05) is 3.57 Å². The molecule has 0 atom stereocenters. The molecule has 1 aromatic rings. The quantitative estimate of drug-likeness (QED) is 0.456. The fraction of sp³-hybridized carbons (Fsp3) is 0.538. The Morgan fingerprint density at radius 2 is 1.58 bits per heavy atom. The van der Waals surface area contributed by atoms with Crippen molar-refractivity contribution in [3.63, 3.8) is 0 Å². The van der Waals surface area contributed by atoms with Crippen LogP contribution in [0.3, 0.4) is 0 Å². The molecule has 0 aromatic heterocycles. The highest BCUT2D eigenvalue weighted by atomic mass is 127. The number of hydrogen-bond donors (Lipinski definition) is 0. The first-order chi connectivity index (χ1) is 8.33. The smallest absolute Gasteiger partial charge is 0.416 e. The number of hydrogen-bond acceptors (Lipinski definition) is 1. The lowest BCUT2D eigenvalue weighted by Gasteiger charge is -2.36. The SMILES string of the molecule is CC(C)(C)[Si](C)(C)Oc1cc(I)cc(C(F)(F)F)c1. The van der Waals surface area contributed by atoms with E-state index in [2.05, 4.69) is 20.8 Å². The zero-order valence-electron chi connectivity index (χ0n) is 11.7. The highest BCUT2D eigenvalue weighted by molar-refractivity contribution is 14.1. The van der Waals surface area contributed by atoms with Gasteiger partial charge in [-0.25, -0.2) is 0 Å². The molecule has 0 amide bonds. The van der Waals surface area contributed by atoms with Crippen LogP contribution in [0.15, 0.2) is 18.2 Å². The lowest BCUT2D eigenvalue weighted by atomic mass is 10.2. The first kappa shape index (κ1) is 16.8. The highest BCUT2D eigenvalue weighted by Crippen LogP contribution is 2.39. The fourth-order valence-electron chi connectivity index (χ4n) is 1.23. The average molecular weight is 402 g/mol. The van der Waals surface area contributed by atoms with Crippen molar-refractivity contribution in [2.45, 2.75) is 45.1 Å². The van der Waals surface area contributed by atoms with Gasteiger partial charge in [0.25, 0.3) is 0 Å². The van der Waals surface area contributed by atoms with E-state index in [9.17, 15) is 13.2 Å². The number of benzene rings is 1. The normalized spacial score (nSPS) is 13.5. The molecular formula is C13H18F3IOSi. The minimum atomic E-state index is -4.34. The van der Waals surface area contributed by atoms with E-state index in [-0.39, 0.29) is 5.04 Å². The van der Waals surface area contributed by atoms with Crippen LogP contribution in [0.5, 0.6) is 5.75 Å². The van der Waals surface area contributed by atoms with Gasteiger partial charge >= 0.3 is 6.18 Å². The number of alkyl halides is 3. The summed E-state index contributed by atoms with van der Waals surface area (Å²) >= 11 is 1.88. The molecule has 0 spiro atoms. The van der Waals surface area contributed by atoms with Crippen LogP contribution in [0.25, 0.3) is 0 Å². The maximum absolute atomic E-state index is 12.8. The fourth-order valence-corrected chi connectivity index (χ4v) is 2.89. The van der Waals surface area contributed by atoms with Gasteiger partial charge in [-0.15, -0.1) is 0 Å². The zero-order valence-corrected chi connectivity index (χ0v) is 14.8. The van der Waals surface area contributed by atoms with Crippen molar-refractivity contribution in [2.24, 2.45) is 0 Å². The molecule has 0 N–H and O–H groups in total. The Morgan fingerprint density at radius 3 is 2.00 bits per heavy atom. The van der Waals surface area contributed by atoms with Gasteiger partial charge in [-0.2, -0.15) is 13.2 Å². The highest BCUT2D eigenvalue weighted by Gasteiger charge is 2.39. The number of halogens is 4. The van der Waals surface area contributed by atoms with Crippen LogP contribution >= 0.6 is 22.6 Å². The van der Waals surface area contributed by atoms with E-state index in [1.807, 2.05) is 35.7 Å². The topological polar surface area (TPSA) is 9.23 Å². The molecule has 0 radical (unpaired) electrons. The molecule has 0 saturated carbocycles. The summed E-state index contributed by atoms with van der Waals surface area (Å²) in [4.78, 5) is 0. The van der Waals surface area contributed by atoms with Crippen molar-refractivity contribution < 1.29 is 17.6 Å². The van der Waals surface area contributed by atoms with Crippen LogP contribution in [0.2, 0.25) is 18.1 Å². The molecule has 0 unspecified atom stereocenters. The Hall–Kier alpha value is -0.243. The second-order valence-corrected chi connectivity index (χ2v) is 12.0. The van der Waals surface area contributed by atoms with Crippen molar-refractivity contribution in [1.82, 2.24) is 0 Å². The first-order valence-electron chi connectivity index (χ1n) is 5.90. The molecule has 1 aromatic carbocycles. The molecule has 0 saturated heterocycles. The van der Waals surface area contributed by atoms with E-state index in [0.717, 1.165) is 12.1 Å². The van der Waals surface area contributed by atoms with E-state index >= 15 is 0 Å². The average Bonchev–Trinajstić information content (AvgIpc) is 2.12. The molecule has 0 fully saturated rings. The lowest BCUT2D eigenvalue weighted by Crippen LogP contribution is -2.43. The molecular weight excluding hydrogens is 384 g/mol. The maximum Gasteiger partial charge on any atom is 0.416 e. The Bertz CT molecular complexity index is 464. The summed E-state index contributed by atoms with van der Waals surface area (Å²) in [6.07, 6.45) is -4.34. The predicted octanol–water partition coefficient (Wildman–Crippen LogP) is 5.69. The summed E-state index contributed by atoms with van der Waals surface area (Å²) in [5, 5.41) is -0.0489. The molecule has 0 aliphatic carbocycles. The van der Waals surface area contributed by atoms with Gasteiger partial charge in [-0.1, -0.05) is 20.8 Å². The second kappa shape index (κ2) is 5.27. The predicted molar refractivity (Wildman–Crippen MR) is 82.0 cm³/mol. The van der Waals surface area contributed by atoms with Crippen molar-refractivity contribution in [1.29, 1.82) is 0 Å². The van der Waals surface area contributed by atoms with E-state index in [0.29, 0.717) is 9.32 Å². The molecule has 1 nitrogen and oxygen atoms in total. The summed E-state index contributed by atoms with van der Waals surface area (Å²) in [6.45, 7) is 10.2. The van der Waals surface area contributed by atoms with E-state index < -0.39 is 20.1 Å². The van der Waals surface area contributed by atoms with Crippen LogP contribution in [0.1, 0.15) is 26.3 Å². The summed E-state index contributed by atoms with van der Waals surface area (Å²) in [7, 11) is -2.12. The molecule has 0 aliphatic rings. The summed E-state index contributed by atoms with van der Waals surface area (Å²) in [5.41, 5.74) is -0.659. The molecule has 108 valence electrons. The van der Waals surface area contributed by atoms with Crippen molar-refractivity contribution in [2.75, 3.05) is 0 Å². The second-order valence-electron chi connectivity index (χ2n) is 6.04. The monoisotopic (exact) mass is 402 g/mol. The Morgan fingerprint density at radius 1 is 1.05 bits per heavy atom. The lowest BCUT2D eigenvalue weighted by molar-refractivity contribution is -0.137. The van der Waals surface area contributed by atoms with E-state index in [4.69, 9.17) is 4.43 Å². The molecule has 0 aliphatic heterocycles. The zero-order chi connectivity index (χ0) is 15.1. The van der Waals surface area contributed by atoms with E-state index in [1.54, 1.807) is 6.07 Å². The third kappa shape index (κ3) is 4.37. The third-order valence-electron chi connectivity index (χ3n) is 3.38. The molecule has 1 rings (SSSR count). The maximum atomic E-state index is 12.8. The van der Waals surface area contributed by atoms with Gasteiger partial charge in [0.15, 0.2) is 0 Å². The van der Waals surface area contributed by atoms with Gasteiger partial charge in [-0.3, -0.25) is 0 Å². The Kier molecular flexibility index (Phi) is 4.66. The van der Waals surface area contributed by atoms with Crippen LogP contribution in [-0.2, 0) is 6.18 Å². The Labute approximate surface area is 126 Å². The van der Waals surface area contributed by atoms with Crippen molar-refractivity contribution in [3.8, 4) is 5.75 Å². The summed E-state index contributed by atoms with van der Waals surface area (Å²) in [6, 6.07) is 3.86. The summed E-state index contributed by atoms with van der Waals surface area (Å²) < 4.78 is 44.7. The molecule has 0 heterocycles. The Balaban J connectivity index is 3.13. The van der Waals surface area contributed by atoms with Gasteiger partial charge < -0.3 is 4.43 Å². The molecule has 0 bridgehead atoms. The van der Waals surface area contributed by atoms with Gasteiger partial charge in [0.05, 0.1) is 5.56 Å². The van der Waals surface area contributed by atoms with Crippen molar-refractivity contribution >= 4 is 30.9 Å². The standard InChI is InChI=1S/C13H18F3IOSi/c1-12(2,3)19(4,5)18-11-7-9(13(14,15)16)6-10(17)8-11/h6-8H,1-5H3. The first-order valence-corrected chi connectivity index (χ1v) is 9.88. The minimum Gasteiger partial charge on any atom is -0.543 e. The van der Waals surface area contributed by atoms with Crippen LogP contribution < -0.4 is 4.43 Å². The largest absolute Gasteiger partial charge is 0.543 e. The molecule has 6 heteroatoms. The third-order valence-corrected chi connectivity index (χ3v) is 8.36.